The standard InChI is InChI=1S/C16H21BrN2O/c1-11-5-7-14(20-11)10-19(4)16-9-13(17)6-8-15(16)12(2)18-3/h5-9,12,18H,10H2,1-4H3. The number of hydrogen-bond donors (Lipinski definition) is 1. The van der Waals surface area contributed by atoms with Crippen molar-refractivity contribution in [2.45, 2.75) is 26.4 Å². The number of anilines is 1. The molecule has 0 aliphatic heterocycles. The first kappa shape index (κ1) is 15.1. The van der Waals surface area contributed by atoms with Crippen LogP contribution in [0, 0.1) is 6.92 Å². The molecule has 0 saturated carbocycles. The fourth-order valence-electron chi connectivity index (χ4n) is 2.26. The van der Waals surface area contributed by atoms with Crippen molar-refractivity contribution in [3.63, 3.8) is 0 Å². The first-order valence-electron chi connectivity index (χ1n) is 6.74. The Labute approximate surface area is 129 Å². The summed E-state index contributed by atoms with van der Waals surface area (Å²) >= 11 is 3.55. The number of aryl methyl sites for hydroxylation is 1. The average molecular weight is 337 g/mol. The van der Waals surface area contributed by atoms with E-state index in [0.29, 0.717) is 6.04 Å². The molecule has 0 aliphatic carbocycles. The minimum absolute atomic E-state index is 0.305. The van der Waals surface area contributed by atoms with Gasteiger partial charge in [-0.2, -0.15) is 0 Å². The Kier molecular flexibility index (Phi) is 4.89. The predicted molar refractivity (Wildman–Crippen MR) is 87.2 cm³/mol. The first-order chi connectivity index (χ1) is 9.51. The van der Waals surface area contributed by atoms with Gasteiger partial charge in [0.1, 0.15) is 11.5 Å². The second kappa shape index (κ2) is 6.46. The van der Waals surface area contributed by atoms with Crippen molar-refractivity contribution in [2.75, 3.05) is 19.0 Å². The zero-order valence-corrected chi connectivity index (χ0v) is 14.0. The molecular weight excluding hydrogens is 316 g/mol. The molecular formula is C16H21BrN2O. The lowest BCUT2D eigenvalue weighted by Crippen LogP contribution is -2.21. The van der Waals surface area contributed by atoms with E-state index in [-0.39, 0.29) is 0 Å². The highest BCUT2D eigenvalue weighted by Gasteiger charge is 2.14. The third kappa shape index (κ3) is 3.44. The molecule has 0 radical (unpaired) electrons. The van der Waals surface area contributed by atoms with E-state index in [1.54, 1.807) is 0 Å². The summed E-state index contributed by atoms with van der Waals surface area (Å²) < 4.78 is 6.75. The molecule has 4 heteroatoms. The number of rotatable bonds is 5. The molecule has 0 bridgehead atoms. The Morgan fingerprint density at radius 2 is 2.05 bits per heavy atom. The predicted octanol–water partition coefficient (Wildman–Crippen LogP) is 4.27. The molecule has 1 unspecified atom stereocenters. The Morgan fingerprint density at radius 3 is 2.65 bits per heavy atom. The van der Waals surface area contributed by atoms with Gasteiger partial charge >= 0.3 is 0 Å². The number of halogens is 1. The third-order valence-corrected chi connectivity index (χ3v) is 3.99. The molecule has 0 amide bonds. The van der Waals surface area contributed by atoms with Gasteiger partial charge in [-0.25, -0.2) is 0 Å². The van der Waals surface area contributed by atoms with Crippen molar-refractivity contribution < 1.29 is 4.42 Å². The van der Waals surface area contributed by atoms with Crippen LogP contribution in [0.25, 0.3) is 0 Å². The van der Waals surface area contributed by atoms with E-state index >= 15 is 0 Å². The molecule has 1 atom stereocenters. The molecule has 0 aliphatic rings. The van der Waals surface area contributed by atoms with Crippen LogP contribution in [0.4, 0.5) is 5.69 Å². The quantitative estimate of drug-likeness (QED) is 0.883. The summed E-state index contributed by atoms with van der Waals surface area (Å²) in [7, 11) is 4.07. The van der Waals surface area contributed by atoms with E-state index in [9.17, 15) is 0 Å². The maximum atomic E-state index is 5.66. The molecule has 1 aromatic carbocycles. The highest BCUT2D eigenvalue weighted by molar-refractivity contribution is 9.10. The maximum Gasteiger partial charge on any atom is 0.123 e. The fourth-order valence-corrected chi connectivity index (χ4v) is 2.61. The van der Waals surface area contributed by atoms with Crippen LogP contribution >= 0.6 is 15.9 Å². The molecule has 2 rings (SSSR count). The van der Waals surface area contributed by atoms with Crippen LogP contribution in [0.5, 0.6) is 0 Å². The molecule has 3 nitrogen and oxygen atoms in total. The zero-order chi connectivity index (χ0) is 14.7. The minimum Gasteiger partial charge on any atom is -0.464 e. The van der Waals surface area contributed by atoms with Gasteiger partial charge < -0.3 is 14.6 Å². The van der Waals surface area contributed by atoms with E-state index < -0.39 is 0 Å². The van der Waals surface area contributed by atoms with Crippen LogP contribution in [0.15, 0.2) is 39.2 Å². The number of furan rings is 1. The van der Waals surface area contributed by atoms with Crippen LogP contribution in [0.2, 0.25) is 0 Å². The summed E-state index contributed by atoms with van der Waals surface area (Å²) in [5.41, 5.74) is 2.48. The Hall–Kier alpha value is -1.26. The van der Waals surface area contributed by atoms with Gasteiger partial charge in [0, 0.05) is 23.2 Å². The molecule has 2 aromatic rings. The van der Waals surface area contributed by atoms with Gasteiger partial charge in [-0.15, -0.1) is 0 Å². The Bertz CT molecular complexity index is 580. The number of hydrogen-bond acceptors (Lipinski definition) is 3. The van der Waals surface area contributed by atoms with Crippen molar-refractivity contribution in [3.8, 4) is 0 Å². The summed E-state index contributed by atoms with van der Waals surface area (Å²) in [6.45, 7) is 4.89. The highest BCUT2D eigenvalue weighted by Crippen LogP contribution is 2.30. The van der Waals surface area contributed by atoms with Gasteiger partial charge in [-0.05, 0) is 50.7 Å². The van der Waals surface area contributed by atoms with E-state index in [4.69, 9.17) is 4.42 Å². The van der Waals surface area contributed by atoms with E-state index in [2.05, 4.69) is 58.3 Å². The van der Waals surface area contributed by atoms with Crippen molar-refractivity contribution in [1.29, 1.82) is 0 Å². The minimum atomic E-state index is 0.305. The molecule has 1 N–H and O–H groups in total. The van der Waals surface area contributed by atoms with Gasteiger partial charge in [-0.3, -0.25) is 0 Å². The normalized spacial score (nSPS) is 12.4. The number of nitrogens with zero attached hydrogens (tertiary/aromatic N) is 1. The number of nitrogens with one attached hydrogen (secondary N) is 1. The molecule has 1 heterocycles. The van der Waals surface area contributed by atoms with Crippen molar-refractivity contribution in [1.82, 2.24) is 5.32 Å². The topological polar surface area (TPSA) is 28.4 Å². The van der Waals surface area contributed by atoms with Gasteiger partial charge in [0.25, 0.3) is 0 Å². The number of benzene rings is 1. The van der Waals surface area contributed by atoms with Crippen molar-refractivity contribution in [3.05, 3.63) is 51.9 Å². The summed E-state index contributed by atoms with van der Waals surface area (Å²) in [4.78, 5) is 2.21. The van der Waals surface area contributed by atoms with Gasteiger partial charge in [0.2, 0.25) is 0 Å². The van der Waals surface area contributed by atoms with Crippen molar-refractivity contribution >= 4 is 21.6 Å². The summed E-state index contributed by atoms with van der Waals surface area (Å²) in [5.74, 6) is 1.93. The Morgan fingerprint density at radius 1 is 1.30 bits per heavy atom. The monoisotopic (exact) mass is 336 g/mol. The zero-order valence-electron chi connectivity index (χ0n) is 12.4. The van der Waals surface area contributed by atoms with E-state index in [1.165, 1.54) is 11.3 Å². The maximum absolute atomic E-state index is 5.66. The second-order valence-electron chi connectivity index (χ2n) is 5.08. The van der Waals surface area contributed by atoms with Gasteiger partial charge in [0.05, 0.1) is 6.54 Å². The molecule has 0 saturated heterocycles. The van der Waals surface area contributed by atoms with Crippen LogP contribution < -0.4 is 10.2 Å². The molecule has 20 heavy (non-hydrogen) atoms. The first-order valence-corrected chi connectivity index (χ1v) is 7.53. The lowest BCUT2D eigenvalue weighted by molar-refractivity contribution is 0.481. The molecule has 0 fully saturated rings. The van der Waals surface area contributed by atoms with Gasteiger partial charge in [0.15, 0.2) is 0 Å². The fraction of sp³-hybridized carbons (Fsp3) is 0.375. The summed E-state index contributed by atoms with van der Waals surface area (Å²) in [6.07, 6.45) is 0. The molecule has 1 aromatic heterocycles. The second-order valence-corrected chi connectivity index (χ2v) is 6.00. The largest absolute Gasteiger partial charge is 0.464 e. The lowest BCUT2D eigenvalue weighted by atomic mass is 10.1. The Balaban J connectivity index is 2.27. The van der Waals surface area contributed by atoms with Gasteiger partial charge in [-0.1, -0.05) is 22.0 Å². The summed E-state index contributed by atoms with van der Waals surface area (Å²) in [5, 5.41) is 3.30. The van der Waals surface area contributed by atoms with Crippen molar-refractivity contribution in [2.24, 2.45) is 0 Å². The smallest absolute Gasteiger partial charge is 0.123 e. The highest BCUT2D eigenvalue weighted by atomic mass is 79.9. The van der Waals surface area contributed by atoms with E-state index in [0.717, 1.165) is 22.5 Å². The van der Waals surface area contributed by atoms with Crippen LogP contribution in [0.3, 0.4) is 0 Å². The molecule has 0 spiro atoms. The SMILES string of the molecule is CNC(C)c1ccc(Br)cc1N(C)Cc1ccc(C)o1. The van der Waals surface area contributed by atoms with Crippen LogP contribution in [0.1, 0.15) is 30.0 Å². The lowest BCUT2D eigenvalue weighted by Gasteiger charge is -2.24. The molecule has 108 valence electrons. The van der Waals surface area contributed by atoms with Crippen LogP contribution in [-0.2, 0) is 6.54 Å². The van der Waals surface area contributed by atoms with E-state index in [1.807, 2.05) is 26.1 Å². The van der Waals surface area contributed by atoms with Crippen LogP contribution in [-0.4, -0.2) is 14.1 Å². The third-order valence-electron chi connectivity index (χ3n) is 3.49. The summed E-state index contributed by atoms with van der Waals surface area (Å²) in [6, 6.07) is 10.7. The average Bonchev–Trinajstić information content (AvgIpc) is 2.83.